The fourth-order valence-electron chi connectivity index (χ4n) is 1.72. The third-order valence-corrected chi connectivity index (χ3v) is 3.90. The zero-order chi connectivity index (χ0) is 14.4. The number of thiophene rings is 1. The summed E-state index contributed by atoms with van der Waals surface area (Å²) in [4.78, 5) is 26.5. The van der Waals surface area contributed by atoms with Gasteiger partial charge in [0.15, 0.2) is 0 Å². The summed E-state index contributed by atoms with van der Waals surface area (Å²) >= 11 is 5.77. The van der Waals surface area contributed by atoms with E-state index in [-0.39, 0.29) is 17.9 Å². The average Bonchev–Trinajstić information content (AvgIpc) is 2.84. The van der Waals surface area contributed by atoms with Crippen LogP contribution in [0.1, 0.15) is 25.6 Å². The molecule has 2 amide bonds. The maximum Gasteiger partial charge on any atom is 0.246 e. The Morgan fingerprint density at radius 1 is 1.47 bits per heavy atom. The van der Waals surface area contributed by atoms with Gasteiger partial charge in [-0.25, -0.2) is 0 Å². The molecule has 0 bridgehead atoms. The number of nitrogens with one attached hydrogen (secondary N) is 1. The summed E-state index contributed by atoms with van der Waals surface area (Å²) in [7, 11) is 0. The van der Waals surface area contributed by atoms with E-state index >= 15 is 0 Å². The molecule has 1 aromatic heterocycles. The molecular weight excluding hydrogens is 280 g/mol. The number of hydrogen-bond acceptors (Lipinski definition) is 4. The lowest BCUT2D eigenvalue weighted by Gasteiger charge is -2.30. The predicted molar refractivity (Wildman–Crippen MR) is 81.5 cm³/mol. The summed E-state index contributed by atoms with van der Waals surface area (Å²) in [5.74, 6) is -0.00710. The van der Waals surface area contributed by atoms with Crippen LogP contribution in [0.25, 0.3) is 0 Å². The lowest BCUT2D eigenvalue weighted by atomic mass is 10.2. The Labute approximate surface area is 123 Å². The molecule has 1 unspecified atom stereocenters. The largest absolute Gasteiger partial charge is 0.344 e. The van der Waals surface area contributed by atoms with Crippen molar-refractivity contribution >= 4 is 35.8 Å². The summed E-state index contributed by atoms with van der Waals surface area (Å²) in [5, 5.41) is 4.63. The first-order valence-corrected chi connectivity index (χ1v) is 7.67. The van der Waals surface area contributed by atoms with Gasteiger partial charge in [-0.2, -0.15) is 12.6 Å². The van der Waals surface area contributed by atoms with Gasteiger partial charge >= 0.3 is 0 Å². The topological polar surface area (TPSA) is 49.4 Å². The van der Waals surface area contributed by atoms with Gasteiger partial charge in [-0.3, -0.25) is 9.59 Å². The van der Waals surface area contributed by atoms with Crippen molar-refractivity contribution in [2.24, 2.45) is 0 Å². The molecule has 1 aromatic rings. The van der Waals surface area contributed by atoms with Crippen molar-refractivity contribution < 1.29 is 9.59 Å². The van der Waals surface area contributed by atoms with Crippen molar-refractivity contribution in [2.75, 3.05) is 5.75 Å². The van der Waals surface area contributed by atoms with E-state index < -0.39 is 6.04 Å². The van der Waals surface area contributed by atoms with Crippen molar-refractivity contribution in [3.05, 3.63) is 22.4 Å². The first kappa shape index (κ1) is 16.0. The second-order valence-corrected chi connectivity index (χ2v) is 5.97. The SMILES string of the molecule is CC(=O)NC(CS)C(=O)N(Cc1cccs1)C(C)C. The Hall–Kier alpha value is -1.01. The lowest BCUT2D eigenvalue weighted by molar-refractivity contribution is -0.137. The molecule has 0 saturated heterocycles. The number of carbonyl (C=O) groups excluding carboxylic acids is 2. The first-order chi connectivity index (χ1) is 8.95. The van der Waals surface area contributed by atoms with Gasteiger partial charge in [-0.1, -0.05) is 6.07 Å². The molecule has 0 aliphatic carbocycles. The van der Waals surface area contributed by atoms with Crippen molar-refractivity contribution in [2.45, 2.75) is 39.4 Å². The highest BCUT2D eigenvalue weighted by molar-refractivity contribution is 7.80. The average molecular weight is 300 g/mol. The number of hydrogen-bond donors (Lipinski definition) is 2. The fourth-order valence-corrected chi connectivity index (χ4v) is 2.67. The summed E-state index contributed by atoms with van der Waals surface area (Å²) in [5.41, 5.74) is 0. The highest BCUT2D eigenvalue weighted by Crippen LogP contribution is 2.15. The number of rotatable bonds is 6. The van der Waals surface area contributed by atoms with Gasteiger partial charge in [0.05, 0.1) is 6.54 Å². The van der Waals surface area contributed by atoms with Crippen molar-refractivity contribution in [1.82, 2.24) is 10.2 Å². The molecule has 6 heteroatoms. The molecule has 0 spiro atoms. The molecule has 0 aliphatic rings. The molecule has 0 aromatic carbocycles. The molecule has 106 valence electrons. The minimum atomic E-state index is -0.566. The molecule has 1 heterocycles. The number of carbonyl (C=O) groups is 2. The molecular formula is C13H20N2O2S2. The van der Waals surface area contributed by atoms with Gasteiger partial charge in [0, 0.05) is 23.6 Å². The smallest absolute Gasteiger partial charge is 0.246 e. The van der Waals surface area contributed by atoms with Gasteiger partial charge in [0.1, 0.15) is 6.04 Å². The molecule has 0 fully saturated rings. The molecule has 4 nitrogen and oxygen atoms in total. The summed E-state index contributed by atoms with van der Waals surface area (Å²) in [6, 6.07) is 3.47. The van der Waals surface area contributed by atoms with E-state index in [9.17, 15) is 9.59 Å². The maximum atomic E-state index is 12.4. The zero-order valence-corrected chi connectivity index (χ0v) is 13.1. The van der Waals surface area contributed by atoms with Gasteiger partial charge in [-0.15, -0.1) is 11.3 Å². The minimum absolute atomic E-state index is 0.0748. The molecule has 0 radical (unpaired) electrons. The number of amides is 2. The zero-order valence-electron chi connectivity index (χ0n) is 11.4. The highest BCUT2D eigenvalue weighted by atomic mass is 32.1. The van der Waals surface area contributed by atoms with Crippen LogP contribution in [0.4, 0.5) is 0 Å². The lowest BCUT2D eigenvalue weighted by Crippen LogP contribution is -2.50. The van der Waals surface area contributed by atoms with Crippen LogP contribution in [0.15, 0.2) is 17.5 Å². The van der Waals surface area contributed by atoms with E-state index in [2.05, 4.69) is 17.9 Å². The van der Waals surface area contributed by atoms with Crippen LogP contribution in [0, 0.1) is 0 Å². The van der Waals surface area contributed by atoms with Crippen LogP contribution in [0.2, 0.25) is 0 Å². The van der Waals surface area contributed by atoms with Gasteiger partial charge in [0.2, 0.25) is 11.8 Å². The second kappa shape index (κ2) is 7.55. The van der Waals surface area contributed by atoms with Crippen LogP contribution in [-0.4, -0.2) is 34.6 Å². The Morgan fingerprint density at radius 2 is 2.16 bits per heavy atom. The van der Waals surface area contributed by atoms with E-state index in [4.69, 9.17) is 0 Å². The molecule has 19 heavy (non-hydrogen) atoms. The van der Waals surface area contributed by atoms with Gasteiger partial charge in [0.25, 0.3) is 0 Å². The first-order valence-electron chi connectivity index (χ1n) is 6.16. The van der Waals surface area contributed by atoms with Crippen molar-refractivity contribution in [1.29, 1.82) is 0 Å². The third kappa shape index (κ3) is 4.87. The predicted octanol–water partition coefficient (Wildman–Crippen LogP) is 1.92. The number of nitrogens with zero attached hydrogens (tertiary/aromatic N) is 1. The Bertz CT molecular complexity index is 418. The van der Waals surface area contributed by atoms with Gasteiger partial charge in [-0.05, 0) is 25.3 Å². The van der Waals surface area contributed by atoms with E-state index in [1.54, 1.807) is 16.2 Å². The maximum absolute atomic E-state index is 12.4. The number of thiol groups is 1. The van der Waals surface area contributed by atoms with Crippen LogP contribution in [0.3, 0.4) is 0 Å². The van der Waals surface area contributed by atoms with E-state index in [1.165, 1.54) is 6.92 Å². The second-order valence-electron chi connectivity index (χ2n) is 4.57. The van der Waals surface area contributed by atoms with E-state index in [1.807, 2.05) is 31.4 Å². The summed E-state index contributed by atoms with van der Waals surface area (Å²) in [6.45, 7) is 5.91. The van der Waals surface area contributed by atoms with Crippen LogP contribution < -0.4 is 5.32 Å². The quantitative estimate of drug-likeness (QED) is 0.789. The van der Waals surface area contributed by atoms with Crippen molar-refractivity contribution in [3.63, 3.8) is 0 Å². The van der Waals surface area contributed by atoms with Crippen molar-refractivity contribution in [3.8, 4) is 0 Å². The Kier molecular flexibility index (Phi) is 6.37. The normalized spacial score (nSPS) is 12.3. The van der Waals surface area contributed by atoms with E-state index in [0.717, 1.165) is 4.88 Å². The Balaban J connectivity index is 2.79. The Morgan fingerprint density at radius 3 is 2.58 bits per heavy atom. The third-order valence-electron chi connectivity index (χ3n) is 2.67. The van der Waals surface area contributed by atoms with Crippen LogP contribution in [-0.2, 0) is 16.1 Å². The minimum Gasteiger partial charge on any atom is -0.344 e. The molecule has 1 atom stereocenters. The molecule has 1 N–H and O–H groups in total. The summed E-state index contributed by atoms with van der Waals surface area (Å²) in [6.07, 6.45) is 0. The highest BCUT2D eigenvalue weighted by Gasteiger charge is 2.26. The van der Waals surface area contributed by atoms with Crippen LogP contribution >= 0.6 is 24.0 Å². The van der Waals surface area contributed by atoms with E-state index in [0.29, 0.717) is 12.3 Å². The fraction of sp³-hybridized carbons (Fsp3) is 0.538. The van der Waals surface area contributed by atoms with Crippen LogP contribution in [0.5, 0.6) is 0 Å². The molecule has 0 aliphatic heterocycles. The molecule has 0 saturated carbocycles. The monoisotopic (exact) mass is 300 g/mol. The molecule has 1 rings (SSSR count). The van der Waals surface area contributed by atoms with Gasteiger partial charge < -0.3 is 10.2 Å². The summed E-state index contributed by atoms with van der Waals surface area (Å²) < 4.78 is 0. The standard InChI is InChI=1S/C13H20N2O2S2/c1-9(2)15(7-11-5-4-6-19-11)13(17)12(8-18)14-10(3)16/h4-6,9,12,18H,7-8H2,1-3H3,(H,14,16).